The minimum Gasteiger partial charge on any atom is -0.209 e. The molecule has 3 fully saturated rings. The molecule has 0 spiro atoms. The summed E-state index contributed by atoms with van der Waals surface area (Å²) in [5, 5.41) is 0. The highest BCUT2D eigenvalue weighted by molar-refractivity contribution is 4.95. The molecule has 2 heteroatoms. The summed E-state index contributed by atoms with van der Waals surface area (Å²) in [4.78, 5) is 0. The minimum absolute atomic E-state index is 0.295. The van der Waals surface area contributed by atoms with Crippen LogP contribution < -0.4 is 0 Å². The molecule has 0 atom stereocenters. The second-order valence-electron chi connectivity index (χ2n) is 7.39. The Morgan fingerprint density at radius 1 is 0.519 bits per heavy atom. The van der Waals surface area contributed by atoms with Gasteiger partial charge in [0.2, 0.25) is 6.43 Å². The second kappa shape index (κ2) is 27.6. The Hall–Kier alpha value is -0.580. The third-order valence-electron chi connectivity index (χ3n) is 4.93. The Bertz CT molecular complexity index is 226. The van der Waals surface area contributed by atoms with Crippen molar-refractivity contribution in [2.75, 3.05) is 0 Å². The first-order valence-electron chi connectivity index (χ1n) is 11.9. The number of hydrogen-bond donors (Lipinski definition) is 0. The van der Waals surface area contributed by atoms with E-state index in [0.29, 0.717) is 0 Å². The lowest BCUT2D eigenvalue weighted by atomic mass is 10.0. The van der Waals surface area contributed by atoms with Crippen molar-refractivity contribution in [2.45, 2.75) is 149 Å². The molecule has 27 heavy (non-hydrogen) atoms. The lowest BCUT2D eigenvalue weighted by molar-refractivity contribution is 0.155. The highest BCUT2D eigenvalue weighted by Crippen LogP contribution is 2.16. The van der Waals surface area contributed by atoms with Crippen LogP contribution in [0.5, 0.6) is 0 Å². The van der Waals surface area contributed by atoms with Crippen LogP contribution in [0.15, 0.2) is 0 Å². The second-order valence-corrected chi connectivity index (χ2v) is 7.39. The van der Waals surface area contributed by atoms with E-state index in [4.69, 9.17) is 0 Å². The average molecular weight is 387 g/mol. The van der Waals surface area contributed by atoms with Crippen molar-refractivity contribution in [3.05, 3.63) is 0 Å². The van der Waals surface area contributed by atoms with Crippen molar-refractivity contribution < 1.29 is 8.78 Å². The monoisotopic (exact) mass is 386 g/mol. The van der Waals surface area contributed by atoms with Gasteiger partial charge in [0.05, 0.1) is 6.42 Å². The van der Waals surface area contributed by atoms with E-state index in [0.717, 1.165) is 0 Å². The Balaban J connectivity index is 0. The largest absolute Gasteiger partial charge is 0.249 e. The van der Waals surface area contributed by atoms with E-state index in [9.17, 15) is 8.78 Å². The standard InChI is InChI=1S/3C6H12.C5H6F2.C2H6/c3*1-2-4-6-5-3-1;1-2-3-4-5(6)7;1-2/h3*1-6H2;5H,4H2,1H3;1-2H3. The first-order chi connectivity index (χ1) is 13.3. The fourth-order valence-electron chi connectivity index (χ4n) is 3.36. The smallest absolute Gasteiger partial charge is 0.209 e. The van der Waals surface area contributed by atoms with Gasteiger partial charge in [-0.1, -0.05) is 135 Å². The Labute approximate surface area is 170 Å². The molecule has 162 valence electrons. The van der Waals surface area contributed by atoms with Crippen molar-refractivity contribution in [1.29, 1.82) is 0 Å². The van der Waals surface area contributed by atoms with Crippen LogP contribution in [0.4, 0.5) is 8.78 Å². The topological polar surface area (TPSA) is 0 Å². The first kappa shape index (κ1) is 28.6. The lowest BCUT2D eigenvalue weighted by Gasteiger charge is -2.05. The van der Waals surface area contributed by atoms with Crippen molar-refractivity contribution in [2.24, 2.45) is 0 Å². The Morgan fingerprint density at radius 2 is 0.704 bits per heavy atom. The van der Waals surface area contributed by atoms with E-state index in [-0.39, 0.29) is 6.42 Å². The number of hydrogen-bond acceptors (Lipinski definition) is 0. The highest BCUT2D eigenvalue weighted by Gasteiger charge is 1.97. The summed E-state index contributed by atoms with van der Waals surface area (Å²) in [5.74, 6) is 4.62. The molecule has 0 radical (unpaired) electrons. The molecule has 0 aromatic heterocycles. The predicted molar refractivity (Wildman–Crippen MR) is 119 cm³/mol. The van der Waals surface area contributed by atoms with Gasteiger partial charge >= 0.3 is 0 Å². The average Bonchev–Trinajstić information content (AvgIpc) is 2.78. The number of halogens is 2. The Morgan fingerprint density at radius 3 is 0.778 bits per heavy atom. The van der Waals surface area contributed by atoms with Gasteiger partial charge < -0.3 is 0 Å². The van der Waals surface area contributed by atoms with Gasteiger partial charge in [-0.2, -0.15) is 0 Å². The van der Waals surface area contributed by atoms with Gasteiger partial charge in [-0.25, -0.2) is 8.78 Å². The Kier molecular flexibility index (Phi) is 29.3. The van der Waals surface area contributed by atoms with E-state index in [1.807, 2.05) is 13.8 Å². The maximum Gasteiger partial charge on any atom is 0.249 e. The third-order valence-corrected chi connectivity index (χ3v) is 4.93. The summed E-state index contributed by atoms with van der Waals surface area (Å²) in [7, 11) is 0. The normalized spacial score (nSPS) is 18.3. The molecule has 0 aliphatic heterocycles. The van der Waals surface area contributed by atoms with Gasteiger partial charge in [0.1, 0.15) is 0 Å². The molecule has 3 aliphatic carbocycles. The van der Waals surface area contributed by atoms with Crippen LogP contribution in [0.2, 0.25) is 0 Å². The van der Waals surface area contributed by atoms with Gasteiger partial charge in [0, 0.05) is 0 Å². The predicted octanol–water partition coefficient (Wildman–Crippen LogP) is 9.71. The van der Waals surface area contributed by atoms with E-state index in [2.05, 4.69) is 11.8 Å². The summed E-state index contributed by atoms with van der Waals surface area (Å²) in [6.45, 7) is 5.54. The number of alkyl halides is 2. The van der Waals surface area contributed by atoms with Crippen LogP contribution in [-0.4, -0.2) is 6.43 Å². The van der Waals surface area contributed by atoms with Crippen LogP contribution in [0, 0.1) is 11.8 Å². The van der Waals surface area contributed by atoms with Crippen molar-refractivity contribution in [1.82, 2.24) is 0 Å². The fraction of sp³-hybridized carbons (Fsp3) is 0.920. The molecule has 0 aromatic rings. The third kappa shape index (κ3) is 30.4. The molecule has 0 aromatic carbocycles. The van der Waals surface area contributed by atoms with Gasteiger partial charge in [0.15, 0.2) is 0 Å². The van der Waals surface area contributed by atoms with Gasteiger partial charge in [-0.15, -0.1) is 5.92 Å². The van der Waals surface area contributed by atoms with Crippen LogP contribution >= 0.6 is 0 Å². The van der Waals surface area contributed by atoms with Crippen molar-refractivity contribution in [3.8, 4) is 11.8 Å². The SMILES string of the molecule is C1CCCCC1.C1CCCCC1.C1CCCCC1.CC.CC#CCC(F)F. The molecule has 0 unspecified atom stereocenters. The molecule has 0 nitrogen and oxygen atoms in total. The quantitative estimate of drug-likeness (QED) is 0.393. The first-order valence-corrected chi connectivity index (χ1v) is 11.9. The zero-order chi connectivity index (χ0) is 20.4. The molecule has 0 heterocycles. The fourth-order valence-corrected chi connectivity index (χ4v) is 3.36. The van der Waals surface area contributed by atoms with Crippen LogP contribution in [0.25, 0.3) is 0 Å². The summed E-state index contributed by atoms with van der Waals surface area (Å²) in [6, 6.07) is 0. The van der Waals surface area contributed by atoms with E-state index < -0.39 is 6.43 Å². The van der Waals surface area contributed by atoms with E-state index in [1.54, 1.807) is 6.92 Å². The molecule has 3 saturated carbocycles. The zero-order valence-corrected chi connectivity index (χ0v) is 18.8. The highest BCUT2D eigenvalue weighted by atomic mass is 19.3. The van der Waals surface area contributed by atoms with Crippen LogP contribution in [-0.2, 0) is 0 Å². The van der Waals surface area contributed by atoms with Crippen LogP contribution in [0.3, 0.4) is 0 Å². The van der Waals surface area contributed by atoms with Crippen LogP contribution in [0.1, 0.15) is 143 Å². The molecular formula is C25H48F2. The molecule has 0 N–H and O–H groups in total. The summed E-state index contributed by atoms with van der Waals surface area (Å²) in [5.41, 5.74) is 0. The molecular weight excluding hydrogens is 338 g/mol. The molecule has 3 aliphatic rings. The summed E-state index contributed by atoms with van der Waals surface area (Å²) in [6.07, 6.45) is 24.4. The lowest BCUT2D eigenvalue weighted by Crippen LogP contribution is -1.85. The minimum atomic E-state index is -2.27. The van der Waals surface area contributed by atoms with Gasteiger partial charge in [-0.3, -0.25) is 0 Å². The maximum absolute atomic E-state index is 11.1. The molecule has 0 amide bonds. The molecule has 0 bridgehead atoms. The van der Waals surface area contributed by atoms with E-state index >= 15 is 0 Å². The zero-order valence-electron chi connectivity index (χ0n) is 18.8. The summed E-state index contributed by atoms with van der Waals surface area (Å²) >= 11 is 0. The van der Waals surface area contributed by atoms with E-state index in [1.165, 1.54) is 116 Å². The maximum atomic E-state index is 11.1. The van der Waals surface area contributed by atoms with Gasteiger partial charge in [-0.05, 0) is 6.92 Å². The molecule has 0 saturated heterocycles. The number of rotatable bonds is 1. The van der Waals surface area contributed by atoms with Crippen molar-refractivity contribution in [3.63, 3.8) is 0 Å². The van der Waals surface area contributed by atoms with Gasteiger partial charge in [0.25, 0.3) is 0 Å². The summed E-state index contributed by atoms with van der Waals surface area (Å²) < 4.78 is 22.2. The van der Waals surface area contributed by atoms with Crippen molar-refractivity contribution >= 4 is 0 Å². The molecule has 3 rings (SSSR count).